The van der Waals surface area contributed by atoms with Crippen LogP contribution in [0.1, 0.15) is 18.5 Å². The minimum Gasteiger partial charge on any atom is -0.326 e. The average molecular weight is 395 g/mol. The average Bonchev–Trinajstić information content (AvgIpc) is 3.42. The van der Waals surface area contributed by atoms with Crippen LogP contribution in [0.3, 0.4) is 0 Å². The predicted octanol–water partition coefficient (Wildman–Crippen LogP) is 4.48. The number of amides is 2. The minimum atomic E-state index is -0.319. The molecule has 1 aliphatic carbocycles. The summed E-state index contributed by atoms with van der Waals surface area (Å²) in [6, 6.07) is 13.3. The second-order valence-corrected chi connectivity index (χ2v) is 7.58. The molecule has 0 bridgehead atoms. The number of nitrogens with zero attached hydrogens (tertiary/aromatic N) is 1. The minimum absolute atomic E-state index is 0.0239. The zero-order valence-electron chi connectivity index (χ0n) is 14.9. The Kier molecular flexibility index (Phi) is 5.16. The third kappa shape index (κ3) is 4.61. The monoisotopic (exact) mass is 395 g/mol. The topological polar surface area (TPSA) is 71.1 Å². The summed E-state index contributed by atoms with van der Waals surface area (Å²) < 4.78 is 13.4. The van der Waals surface area contributed by atoms with Crippen LogP contribution < -0.4 is 10.6 Å². The highest BCUT2D eigenvalue weighted by atomic mass is 32.1. The molecule has 28 heavy (non-hydrogen) atoms. The first-order valence-electron chi connectivity index (χ1n) is 8.98. The highest BCUT2D eigenvalue weighted by molar-refractivity contribution is 7.13. The van der Waals surface area contributed by atoms with Gasteiger partial charge in [-0.2, -0.15) is 0 Å². The van der Waals surface area contributed by atoms with E-state index in [2.05, 4.69) is 15.6 Å². The van der Waals surface area contributed by atoms with E-state index in [0.717, 1.165) is 12.8 Å². The molecule has 4 rings (SSSR count). The number of nitrogens with one attached hydrogen (secondary N) is 2. The molecular formula is C21H18FN3O2S. The Morgan fingerprint density at radius 1 is 1.07 bits per heavy atom. The molecule has 1 aromatic heterocycles. The fourth-order valence-electron chi connectivity index (χ4n) is 2.78. The van der Waals surface area contributed by atoms with Crippen LogP contribution in [0.2, 0.25) is 0 Å². The molecule has 142 valence electrons. The normalized spacial score (nSPS) is 13.2. The molecule has 0 saturated heterocycles. The Labute approximate surface area is 165 Å². The number of thiazole rings is 1. The van der Waals surface area contributed by atoms with E-state index in [1.807, 2.05) is 0 Å². The Hall–Kier alpha value is -3.06. The molecule has 0 spiro atoms. The van der Waals surface area contributed by atoms with Crippen molar-refractivity contribution in [2.75, 3.05) is 10.6 Å². The molecule has 0 radical (unpaired) electrons. The highest BCUT2D eigenvalue weighted by Gasteiger charge is 2.29. The number of rotatable bonds is 6. The molecule has 1 heterocycles. The first kappa shape index (κ1) is 18.3. The Bertz CT molecular complexity index is 1030. The van der Waals surface area contributed by atoms with Crippen molar-refractivity contribution in [3.8, 4) is 10.6 Å². The molecule has 7 heteroatoms. The largest absolute Gasteiger partial charge is 0.326 e. The molecule has 2 amide bonds. The van der Waals surface area contributed by atoms with Gasteiger partial charge in [0.1, 0.15) is 10.8 Å². The van der Waals surface area contributed by atoms with E-state index in [1.165, 1.54) is 23.5 Å². The van der Waals surface area contributed by atoms with Crippen molar-refractivity contribution in [1.82, 2.24) is 4.98 Å². The number of halogens is 1. The molecular weight excluding hydrogens is 377 g/mol. The zero-order chi connectivity index (χ0) is 19.5. The third-order valence-corrected chi connectivity index (χ3v) is 5.27. The number of anilines is 2. The van der Waals surface area contributed by atoms with E-state index >= 15 is 0 Å². The summed E-state index contributed by atoms with van der Waals surface area (Å²) in [5.74, 6) is -0.381. The number of carbonyl (C=O) groups excluding carboxylic acids is 2. The van der Waals surface area contributed by atoms with Gasteiger partial charge < -0.3 is 10.6 Å². The number of benzene rings is 2. The van der Waals surface area contributed by atoms with Gasteiger partial charge in [0.15, 0.2) is 0 Å². The molecule has 3 aromatic rings. The van der Waals surface area contributed by atoms with Crippen LogP contribution in [0.5, 0.6) is 0 Å². The Morgan fingerprint density at radius 2 is 1.82 bits per heavy atom. The lowest BCUT2D eigenvalue weighted by Gasteiger charge is -2.08. The number of aromatic nitrogens is 1. The fraction of sp³-hybridized carbons (Fsp3) is 0.190. The van der Waals surface area contributed by atoms with Crippen molar-refractivity contribution in [1.29, 1.82) is 0 Å². The van der Waals surface area contributed by atoms with Gasteiger partial charge in [0.05, 0.1) is 12.1 Å². The first-order valence-corrected chi connectivity index (χ1v) is 9.86. The lowest BCUT2D eigenvalue weighted by Crippen LogP contribution is -2.16. The number of hydrogen-bond acceptors (Lipinski definition) is 4. The lowest BCUT2D eigenvalue weighted by atomic mass is 10.2. The summed E-state index contributed by atoms with van der Waals surface area (Å²) >= 11 is 1.37. The lowest BCUT2D eigenvalue weighted by molar-refractivity contribution is -0.117. The summed E-state index contributed by atoms with van der Waals surface area (Å²) in [6.07, 6.45) is 1.99. The summed E-state index contributed by atoms with van der Waals surface area (Å²) in [5, 5.41) is 8.15. The van der Waals surface area contributed by atoms with Gasteiger partial charge in [-0.25, -0.2) is 9.37 Å². The number of hydrogen-bond donors (Lipinski definition) is 2. The molecule has 0 aliphatic heterocycles. The molecule has 5 nitrogen and oxygen atoms in total. The fourth-order valence-corrected chi connectivity index (χ4v) is 3.59. The van der Waals surface area contributed by atoms with Gasteiger partial charge >= 0.3 is 0 Å². The Balaban J connectivity index is 1.37. The van der Waals surface area contributed by atoms with Crippen molar-refractivity contribution in [3.63, 3.8) is 0 Å². The second-order valence-electron chi connectivity index (χ2n) is 6.72. The molecule has 1 fully saturated rings. The second kappa shape index (κ2) is 7.90. The van der Waals surface area contributed by atoms with Crippen molar-refractivity contribution < 1.29 is 14.0 Å². The van der Waals surface area contributed by atoms with Crippen molar-refractivity contribution >= 4 is 34.5 Å². The van der Waals surface area contributed by atoms with E-state index in [4.69, 9.17) is 0 Å². The van der Waals surface area contributed by atoms with Crippen LogP contribution >= 0.6 is 11.3 Å². The quantitative estimate of drug-likeness (QED) is 0.646. The van der Waals surface area contributed by atoms with Crippen LogP contribution in [0.4, 0.5) is 15.8 Å². The molecule has 1 saturated carbocycles. The highest BCUT2D eigenvalue weighted by Crippen LogP contribution is 2.30. The number of carbonyl (C=O) groups is 2. The van der Waals surface area contributed by atoms with E-state index in [1.54, 1.807) is 41.8 Å². The maximum atomic E-state index is 13.4. The van der Waals surface area contributed by atoms with E-state index in [9.17, 15) is 14.0 Å². The molecule has 2 aromatic carbocycles. The van der Waals surface area contributed by atoms with Crippen LogP contribution in [0.15, 0.2) is 53.9 Å². The van der Waals surface area contributed by atoms with E-state index in [0.29, 0.717) is 27.6 Å². The van der Waals surface area contributed by atoms with Gasteiger partial charge in [0.2, 0.25) is 11.8 Å². The zero-order valence-corrected chi connectivity index (χ0v) is 15.8. The Morgan fingerprint density at radius 3 is 2.57 bits per heavy atom. The van der Waals surface area contributed by atoms with Gasteiger partial charge in [0, 0.05) is 28.2 Å². The van der Waals surface area contributed by atoms with Gasteiger partial charge in [-0.15, -0.1) is 11.3 Å². The maximum absolute atomic E-state index is 13.4. The summed E-state index contributed by atoms with van der Waals surface area (Å²) in [6.45, 7) is 0. The molecule has 0 atom stereocenters. The van der Waals surface area contributed by atoms with Crippen molar-refractivity contribution in [3.05, 3.63) is 65.4 Å². The third-order valence-electron chi connectivity index (χ3n) is 4.33. The first-order chi connectivity index (χ1) is 13.6. The van der Waals surface area contributed by atoms with Gasteiger partial charge in [-0.05, 0) is 43.2 Å². The van der Waals surface area contributed by atoms with Gasteiger partial charge in [-0.1, -0.05) is 18.2 Å². The van der Waals surface area contributed by atoms with Crippen LogP contribution in [0.25, 0.3) is 10.6 Å². The molecule has 2 N–H and O–H groups in total. The van der Waals surface area contributed by atoms with Crippen LogP contribution in [-0.4, -0.2) is 16.8 Å². The van der Waals surface area contributed by atoms with Crippen LogP contribution in [-0.2, 0) is 16.0 Å². The SMILES string of the molecule is O=C(Cc1csc(-c2cccc(F)c2)n1)Nc1cccc(NC(=O)C2CC2)c1. The maximum Gasteiger partial charge on any atom is 0.230 e. The van der Waals surface area contributed by atoms with Crippen molar-refractivity contribution in [2.24, 2.45) is 5.92 Å². The van der Waals surface area contributed by atoms with Gasteiger partial charge in [-0.3, -0.25) is 9.59 Å². The van der Waals surface area contributed by atoms with Crippen molar-refractivity contribution in [2.45, 2.75) is 19.3 Å². The summed E-state index contributed by atoms with van der Waals surface area (Å²) in [4.78, 5) is 28.6. The summed E-state index contributed by atoms with van der Waals surface area (Å²) in [5.41, 5.74) is 2.59. The van der Waals surface area contributed by atoms with Crippen LogP contribution in [0, 0.1) is 11.7 Å². The summed E-state index contributed by atoms with van der Waals surface area (Å²) in [7, 11) is 0. The molecule has 0 unspecified atom stereocenters. The van der Waals surface area contributed by atoms with Gasteiger partial charge in [0.25, 0.3) is 0 Å². The smallest absolute Gasteiger partial charge is 0.230 e. The van der Waals surface area contributed by atoms with E-state index in [-0.39, 0.29) is 30.0 Å². The predicted molar refractivity (Wildman–Crippen MR) is 108 cm³/mol. The standard InChI is InChI=1S/C21H18FN3O2S/c22-15-4-1-3-14(9-15)21-25-18(12-28-21)11-19(26)23-16-5-2-6-17(10-16)24-20(27)13-7-8-13/h1-6,9-10,12-13H,7-8,11H2,(H,23,26)(H,24,27). The van der Waals surface area contributed by atoms with E-state index < -0.39 is 0 Å². The molecule has 1 aliphatic rings.